The van der Waals surface area contributed by atoms with Crippen LogP contribution in [-0.4, -0.2) is 79.5 Å². The van der Waals surface area contributed by atoms with E-state index in [9.17, 15) is 19.2 Å². The molecule has 0 radical (unpaired) electrons. The van der Waals surface area contributed by atoms with Gasteiger partial charge in [0.25, 0.3) is 0 Å². The highest BCUT2D eigenvalue weighted by atomic mass is 16.7. The number of aliphatic hydroxyl groups is 1. The van der Waals surface area contributed by atoms with Crippen molar-refractivity contribution in [2.45, 2.75) is 58.4 Å². The maximum Gasteiger partial charge on any atom is 0.303 e. The van der Waals surface area contributed by atoms with Crippen molar-refractivity contribution in [1.29, 1.82) is 0 Å². The van der Waals surface area contributed by atoms with Crippen LogP contribution >= 0.6 is 0 Å². The molecule has 0 aromatic carbocycles. The predicted octanol–water partition coefficient (Wildman–Crippen LogP) is -0.922. The molecule has 27 heavy (non-hydrogen) atoms. The molecule has 3 unspecified atom stereocenters. The molecular weight excluding hydrogens is 368 g/mol. The molecule has 154 valence electrons. The monoisotopic (exact) mass is 392 g/mol. The van der Waals surface area contributed by atoms with Crippen molar-refractivity contribution in [3.63, 3.8) is 0 Å². The second-order valence-electron chi connectivity index (χ2n) is 5.66. The van der Waals surface area contributed by atoms with Gasteiger partial charge in [-0.25, -0.2) is 0 Å². The topological polar surface area (TPSA) is 144 Å². The maximum atomic E-state index is 11.6. The van der Waals surface area contributed by atoms with Crippen LogP contribution in [-0.2, 0) is 47.6 Å². The van der Waals surface area contributed by atoms with E-state index < -0.39 is 54.6 Å². The van der Waals surface area contributed by atoms with E-state index in [0.29, 0.717) is 0 Å². The zero-order valence-electron chi connectivity index (χ0n) is 15.5. The Labute approximate surface area is 155 Å². The van der Waals surface area contributed by atoms with Gasteiger partial charge in [-0.1, -0.05) is 0 Å². The molecule has 0 saturated carbocycles. The Bertz CT molecular complexity index is 546. The summed E-state index contributed by atoms with van der Waals surface area (Å²) in [6.45, 7) is 3.68. The zero-order chi connectivity index (χ0) is 20.6. The number of hydrogen-bond donors (Lipinski definition) is 1. The van der Waals surface area contributed by atoms with Gasteiger partial charge in [0.2, 0.25) is 0 Å². The van der Waals surface area contributed by atoms with Crippen LogP contribution < -0.4 is 0 Å². The van der Waals surface area contributed by atoms with Gasteiger partial charge in [-0.2, -0.15) is 0 Å². The van der Waals surface area contributed by atoms with E-state index in [4.69, 9.17) is 33.5 Å². The quantitative estimate of drug-likeness (QED) is 0.404. The number of aliphatic hydroxyl groups excluding tert-OH is 1. The fraction of sp³-hybridized carbons (Fsp3) is 0.750. The number of ether oxygens (including phenoxy) is 6. The summed E-state index contributed by atoms with van der Waals surface area (Å²) in [5.74, 6) is -2.79. The third-order valence-corrected chi connectivity index (χ3v) is 3.32. The number of rotatable bonds is 8. The summed E-state index contributed by atoms with van der Waals surface area (Å²) in [6, 6.07) is 0. The van der Waals surface area contributed by atoms with Crippen molar-refractivity contribution in [2.24, 2.45) is 0 Å². The molecule has 1 rings (SSSR count). The minimum Gasteiger partial charge on any atom is -0.463 e. The van der Waals surface area contributed by atoms with Crippen molar-refractivity contribution in [1.82, 2.24) is 0 Å². The van der Waals surface area contributed by atoms with E-state index in [0.717, 1.165) is 20.8 Å². The fourth-order valence-corrected chi connectivity index (χ4v) is 2.49. The van der Waals surface area contributed by atoms with E-state index in [-0.39, 0.29) is 19.8 Å². The highest BCUT2D eigenvalue weighted by Gasteiger charge is 2.52. The van der Waals surface area contributed by atoms with E-state index in [2.05, 4.69) is 0 Å². The first-order valence-corrected chi connectivity index (χ1v) is 8.18. The molecule has 0 bridgehead atoms. The second-order valence-corrected chi connectivity index (χ2v) is 5.66. The maximum absolute atomic E-state index is 11.6. The van der Waals surface area contributed by atoms with Crippen LogP contribution in [0, 0.1) is 0 Å². The Morgan fingerprint density at radius 2 is 1.33 bits per heavy atom. The Balaban J connectivity index is 3.22. The molecule has 1 aliphatic heterocycles. The molecule has 1 N–H and O–H groups in total. The molecule has 0 amide bonds. The van der Waals surface area contributed by atoms with Crippen molar-refractivity contribution < 1.29 is 52.7 Å². The first-order valence-electron chi connectivity index (χ1n) is 8.18. The summed E-state index contributed by atoms with van der Waals surface area (Å²) in [5, 5.41) is 8.98. The van der Waals surface area contributed by atoms with Gasteiger partial charge in [-0.15, -0.1) is 0 Å². The van der Waals surface area contributed by atoms with Gasteiger partial charge in [-0.05, 0) is 0 Å². The van der Waals surface area contributed by atoms with Gasteiger partial charge in [0.05, 0.1) is 13.2 Å². The lowest BCUT2D eigenvalue weighted by Crippen LogP contribution is -2.63. The zero-order valence-corrected chi connectivity index (χ0v) is 15.5. The molecule has 0 aromatic heterocycles. The Morgan fingerprint density at radius 3 is 1.81 bits per heavy atom. The Kier molecular flexibility index (Phi) is 9.12. The molecule has 0 aliphatic carbocycles. The minimum atomic E-state index is -1.28. The summed E-state index contributed by atoms with van der Waals surface area (Å²) in [7, 11) is 0. The smallest absolute Gasteiger partial charge is 0.303 e. The third-order valence-electron chi connectivity index (χ3n) is 3.32. The van der Waals surface area contributed by atoms with Gasteiger partial charge < -0.3 is 33.5 Å². The van der Waals surface area contributed by atoms with Crippen LogP contribution in [0.5, 0.6) is 0 Å². The Morgan fingerprint density at radius 1 is 0.815 bits per heavy atom. The van der Waals surface area contributed by atoms with E-state index >= 15 is 0 Å². The first kappa shape index (κ1) is 22.8. The normalized spacial score (nSPS) is 27.4. The predicted molar refractivity (Wildman–Crippen MR) is 85.0 cm³/mol. The number of hydrogen-bond acceptors (Lipinski definition) is 11. The van der Waals surface area contributed by atoms with Crippen molar-refractivity contribution in [3.8, 4) is 0 Å². The van der Waals surface area contributed by atoms with E-state index in [1.165, 1.54) is 6.92 Å². The average molecular weight is 392 g/mol. The van der Waals surface area contributed by atoms with Gasteiger partial charge in [0.1, 0.15) is 12.7 Å². The molecule has 1 fully saturated rings. The summed E-state index contributed by atoms with van der Waals surface area (Å²) in [5.41, 5.74) is 0. The molecule has 1 heterocycles. The summed E-state index contributed by atoms with van der Waals surface area (Å²) < 4.78 is 31.4. The van der Waals surface area contributed by atoms with Crippen LogP contribution in [0.3, 0.4) is 0 Å². The van der Waals surface area contributed by atoms with Gasteiger partial charge in [0, 0.05) is 27.7 Å². The van der Waals surface area contributed by atoms with E-state index in [1.54, 1.807) is 0 Å². The second kappa shape index (κ2) is 10.8. The first-order chi connectivity index (χ1) is 12.6. The molecule has 0 spiro atoms. The number of carbonyl (C=O) groups is 4. The van der Waals surface area contributed by atoms with Crippen LogP contribution in [0.2, 0.25) is 0 Å². The Hall–Kier alpha value is -2.24. The SMILES string of the molecule is CC(=O)OCC1O[C@@H](OCCO)C(OC(C)=O)C(OC(C)=O)[C@@H]1OC(C)=O. The number of esters is 4. The molecule has 1 saturated heterocycles. The van der Waals surface area contributed by atoms with Crippen LogP contribution in [0.15, 0.2) is 0 Å². The number of carbonyl (C=O) groups excluding carboxylic acids is 4. The fourth-order valence-electron chi connectivity index (χ4n) is 2.49. The van der Waals surface area contributed by atoms with Crippen molar-refractivity contribution in [2.75, 3.05) is 19.8 Å². The van der Waals surface area contributed by atoms with Crippen molar-refractivity contribution >= 4 is 23.9 Å². The molecule has 11 heteroatoms. The van der Waals surface area contributed by atoms with Crippen LogP contribution in [0.4, 0.5) is 0 Å². The average Bonchev–Trinajstić information content (AvgIpc) is 2.54. The van der Waals surface area contributed by atoms with Crippen LogP contribution in [0.1, 0.15) is 27.7 Å². The molecule has 1 aliphatic rings. The molecule has 5 atom stereocenters. The van der Waals surface area contributed by atoms with E-state index in [1.807, 2.05) is 0 Å². The van der Waals surface area contributed by atoms with Crippen molar-refractivity contribution in [3.05, 3.63) is 0 Å². The molecule has 0 aromatic rings. The summed E-state index contributed by atoms with van der Waals surface area (Å²) in [4.78, 5) is 45.7. The lowest BCUT2D eigenvalue weighted by Gasteiger charge is -2.43. The molecule has 11 nitrogen and oxygen atoms in total. The summed E-state index contributed by atoms with van der Waals surface area (Å²) in [6.07, 6.45) is -6.14. The largest absolute Gasteiger partial charge is 0.463 e. The summed E-state index contributed by atoms with van der Waals surface area (Å²) >= 11 is 0. The molecular formula is C16H24O11. The highest BCUT2D eigenvalue weighted by molar-refractivity contribution is 5.68. The van der Waals surface area contributed by atoms with Gasteiger partial charge >= 0.3 is 23.9 Å². The van der Waals surface area contributed by atoms with Gasteiger partial charge in [0.15, 0.2) is 24.6 Å². The minimum absolute atomic E-state index is 0.173. The third kappa shape index (κ3) is 7.49. The highest BCUT2D eigenvalue weighted by Crippen LogP contribution is 2.29. The standard InChI is InChI=1S/C16H24O11/c1-8(18)23-7-12-13(24-9(2)19)14(25-10(3)20)15(26-11(4)21)16(27-12)22-6-5-17/h12-17H,5-7H2,1-4H3/t12?,13-,14?,15?,16-/m1/s1. The lowest BCUT2D eigenvalue weighted by molar-refractivity contribution is -0.308. The lowest BCUT2D eigenvalue weighted by atomic mass is 9.98. The van der Waals surface area contributed by atoms with Crippen LogP contribution in [0.25, 0.3) is 0 Å². The van der Waals surface area contributed by atoms with Gasteiger partial charge in [-0.3, -0.25) is 19.2 Å².